The van der Waals surface area contributed by atoms with Crippen LogP contribution in [0.3, 0.4) is 0 Å². The molecular formula is C16H17NO3S2. The van der Waals surface area contributed by atoms with Gasteiger partial charge in [0.05, 0.1) is 12.9 Å². The molecule has 1 saturated heterocycles. The molecule has 1 fully saturated rings. The van der Waals surface area contributed by atoms with E-state index in [4.69, 9.17) is 4.74 Å². The Balaban J connectivity index is 1.70. The van der Waals surface area contributed by atoms with Gasteiger partial charge in [0.25, 0.3) is 0 Å². The molecule has 0 bridgehead atoms. The minimum Gasteiger partial charge on any atom is -0.504 e. The van der Waals surface area contributed by atoms with E-state index in [0.29, 0.717) is 18.0 Å². The van der Waals surface area contributed by atoms with Gasteiger partial charge in [-0.05, 0) is 35.6 Å². The van der Waals surface area contributed by atoms with Gasteiger partial charge >= 0.3 is 0 Å². The molecule has 0 aliphatic carbocycles. The molecule has 1 aliphatic heterocycles. The Hall–Kier alpha value is -1.66. The van der Waals surface area contributed by atoms with E-state index in [2.05, 4.69) is 6.07 Å². The Morgan fingerprint density at radius 2 is 2.27 bits per heavy atom. The van der Waals surface area contributed by atoms with E-state index in [1.165, 1.54) is 12.0 Å². The molecule has 6 heteroatoms. The van der Waals surface area contributed by atoms with Gasteiger partial charge in [-0.15, -0.1) is 23.1 Å². The van der Waals surface area contributed by atoms with Crippen LogP contribution in [-0.2, 0) is 11.2 Å². The second-order valence-corrected chi connectivity index (χ2v) is 7.07. The molecule has 0 radical (unpaired) electrons. The van der Waals surface area contributed by atoms with E-state index in [1.807, 2.05) is 28.5 Å². The summed E-state index contributed by atoms with van der Waals surface area (Å²) in [5.74, 6) is 1.33. The zero-order valence-electron chi connectivity index (χ0n) is 12.2. The van der Waals surface area contributed by atoms with E-state index in [1.54, 1.807) is 29.2 Å². The first-order chi connectivity index (χ1) is 10.7. The summed E-state index contributed by atoms with van der Waals surface area (Å²) in [6.45, 7) is 0.669. The van der Waals surface area contributed by atoms with Gasteiger partial charge in [-0.3, -0.25) is 4.79 Å². The second kappa shape index (κ2) is 6.62. The van der Waals surface area contributed by atoms with Crippen molar-refractivity contribution in [1.82, 2.24) is 4.90 Å². The number of thioether (sulfide) groups is 1. The van der Waals surface area contributed by atoms with Gasteiger partial charge in [0.15, 0.2) is 11.5 Å². The summed E-state index contributed by atoms with van der Waals surface area (Å²) < 4.78 is 5.13. The number of nitrogens with zero attached hydrogens (tertiary/aromatic N) is 1. The van der Waals surface area contributed by atoms with Crippen LogP contribution in [0.25, 0.3) is 0 Å². The van der Waals surface area contributed by atoms with Crippen molar-refractivity contribution in [3.63, 3.8) is 0 Å². The lowest BCUT2D eigenvalue weighted by Crippen LogP contribution is -2.30. The van der Waals surface area contributed by atoms with Crippen LogP contribution >= 0.6 is 23.1 Å². The first-order valence-electron chi connectivity index (χ1n) is 6.99. The predicted molar refractivity (Wildman–Crippen MR) is 89.6 cm³/mol. The number of phenols is 1. The third-order valence-corrected chi connectivity index (χ3v) is 5.95. The molecule has 1 aromatic heterocycles. The fourth-order valence-electron chi connectivity index (χ4n) is 2.49. The number of thiophene rings is 1. The number of hydrogen-bond donors (Lipinski definition) is 1. The van der Waals surface area contributed by atoms with Crippen molar-refractivity contribution in [2.45, 2.75) is 11.8 Å². The summed E-state index contributed by atoms with van der Waals surface area (Å²) in [7, 11) is 1.53. The molecule has 2 aromatic rings. The molecule has 1 atom stereocenters. The Morgan fingerprint density at radius 1 is 1.41 bits per heavy atom. The molecule has 1 aliphatic rings. The number of benzene rings is 1. The number of amides is 1. The zero-order chi connectivity index (χ0) is 15.5. The highest BCUT2D eigenvalue weighted by Gasteiger charge is 2.32. The third-order valence-electron chi connectivity index (χ3n) is 3.64. The zero-order valence-corrected chi connectivity index (χ0v) is 13.8. The van der Waals surface area contributed by atoms with Crippen LogP contribution in [0, 0.1) is 0 Å². The summed E-state index contributed by atoms with van der Waals surface area (Å²) in [6, 6.07) is 9.42. The Bertz CT molecular complexity index is 657. The maximum atomic E-state index is 12.1. The van der Waals surface area contributed by atoms with Crippen LogP contribution in [0.1, 0.15) is 15.8 Å². The van der Waals surface area contributed by atoms with Gasteiger partial charge in [-0.25, -0.2) is 0 Å². The minimum atomic E-state index is 0.131. The highest BCUT2D eigenvalue weighted by Crippen LogP contribution is 2.40. The van der Waals surface area contributed by atoms with Gasteiger partial charge < -0.3 is 14.7 Å². The predicted octanol–water partition coefficient (Wildman–Crippen LogP) is 3.28. The van der Waals surface area contributed by atoms with Crippen LogP contribution < -0.4 is 4.74 Å². The van der Waals surface area contributed by atoms with Crippen molar-refractivity contribution in [2.24, 2.45) is 0 Å². The van der Waals surface area contributed by atoms with Gasteiger partial charge in [0.1, 0.15) is 5.37 Å². The first-order valence-corrected chi connectivity index (χ1v) is 8.92. The third kappa shape index (κ3) is 3.08. The molecule has 1 amide bonds. The molecule has 1 aromatic carbocycles. The van der Waals surface area contributed by atoms with Gasteiger partial charge in [-0.2, -0.15) is 0 Å². The molecule has 1 N–H and O–H groups in total. The SMILES string of the molecule is COc1cc(CCN2C(=O)CSC2c2cccs2)ccc1O. The van der Waals surface area contributed by atoms with Gasteiger partial charge in [0, 0.05) is 11.4 Å². The van der Waals surface area contributed by atoms with Crippen LogP contribution in [-0.4, -0.2) is 35.3 Å². The van der Waals surface area contributed by atoms with Crippen LogP contribution in [0.15, 0.2) is 35.7 Å². The van der Waals surface area contributed by atoms with Crippen LogP contribution in [0.2, 0.25) is 0 Å². The summed E-state index contributed by atoms with van der Waals surface area (Å²) >= 11 is 3.37. The van der Waals surface area contributed by atoms with Crippen molar-refractivity contribution < 1.29 is 14.6 Å². The normalized spacial score (nSPS) is 18.0. The number of ether oxygens (including phenoxy) is 1. The van der Waals surface area contributed by atoms with E-state index in [9.17, 15) is 9.90 Å². The molecule has 4 nitrogen and oxygen atoms in total. The topological polar surface area (TPSA) is 49.8 Å². The average Bonchev–Trinajstić information content (AvgIpc) is 3.16. The van der Waals surface area contributed by atoms with E-state index < -0.39 is 0 Å². The number of carbonyl (C=O) groups is 1. The van der Waals surface area contributed by atoms with Crippen molar-refractivity contribution in [3.8, 4) is 11.5 Å². The largest absolute Gasteiger partial charge is 0.504 e. The van der Waals surface area contributed by atoms with Crippen molar-refractivity contribution in [1.29, 1.82) is 0 Å². The van der Waals surface area contributed by atoms with Crippen molar-refractivity contribution in [2.75, 3.05) is 19.4 Å². The molecule has 1 unspecified atom stereocenters. The number of methoxy groups -OCH3 is 1. The maximum Gasteiger partial charge on any atom is 0.233 e. The molecule has 0 spiro atoms. The molecule has 0 saturated carbocycles. The minimum absolute atomic E-state index is 0.131. The lowest BCUT2D eigenvalue weighted by atomic mass is 10.1. The molecule has 3 rings (SSSR count). The number of phenolic OH excluding ortho intramolecular Hbond substituents is 1. The standard InChI is InChI=1S/C16H17NO3S2/c1-20-13-9-11(4-5-12(13)18)6-7-17-15(19)10-22-16(17)14-3-2-8-21-14/h2-5,8-9,16,18H,6-7,10H2,1H3. The monoisotopic (exact) mass is 335 g/mol. The van der Waals surface area contributed by atoms with Crippen molar-refractivity contribution in [3.05, 3.63) is 46.2 Å². The van der Waals surface area contributed by atoms with E-state index in [-0.39, 0.29) is 17.0 Å². The Kier molecular flexibility index (Phi) is 4.59. The fraction of sp³-hybridized carbons (Fsp3) is 0.312. The smallest absolute Gasteiger partial charge is 0.233 e. The van der Waals surface area contributed by atoms with Crippen LogP contribution in [0.5, 0.6) is 11.5 Å². The number of aromatic hydroxyl groups is 1. The van der Waals surface area contributed by atoms with E-state index >= 15 is 0 Å². The van der Waals surface area contributed by atoms with E-state index in [0.717, 1.165) is 12.0 Å². The maximum absolute atomic E-state index is 12.1. The summed E-state index contributed by atoms with van der Waals surface area (Å²) in [5.41, 5.74) is 1.05. The number of hydrogen-bond acceptors (Lipinski definition) is 5. The molecular weight excluding hydrogens is 318 g/mol. The quantitative estimate of drug-likeness (QED) is 0.911. The van der Waals surface area contributed by atoms with Crippen LogP contribution in [0.4, 0.5) is 0 Å². The highest BCUT2D eigenvalue weighted by atomic mass is 32.2. The average molecular weight is 335 g/mol. The molecule has 2 heterocycles. The number of rotatable bonds is 5. The molecule has 116 valence electrons. The summed E-state index contributed by atoms with van der Waals surface area (Å²) in [4.78, 5) is 15.3. The van der Waals surface area contributed by atoms with Gasteiger partial charge in [0.2, 0.25) is 5.91 Å². The molecule has 22 heavy (non-hydrogen) atoms. The Labute approximate surface area is 137 Å². The fourth-order valence-corrected chi connectivity index (χ4v) is 4.69. The summed E-state index contributed by atoms with van der Waals surface area (Å²) in [6.07, 6.45) is 0.741. The lowest BCUT2D eigenvalue weighted by Gasteiger charge is -2.23. The first kappa shape index (κ1) is 15.2. The van der Waals surface area contributed by atoms with Crippen molar-refractivity contribution >= 4 is 29.0 Å². The second-order valence-electron chi connectivity index (χ2n) is 5.02. The number of carbonyl (C=O) groups excluding carboxylic acids is 1. The Morgan fingerprint density at radius 3 is 3.00 bits per heavy atom. The van der Waals surface area contributed by atoms with Gasteiger partial charge in [-0.1, -0.05) is 12.1 Å². The highest BCUT2D eigenvalue weighted by molar-refractivity contribution is 8.00. The lowest BCUT2D eigenvalue weighted by molar-refractivity contribution is -0.127. The summed E-state index contributed by atoms with van der Waals surface area (Å²) in [5, 5.41) is 11.8.